The van der Waals surface area contributed by atoms with Crippen molar-refractivity contribution in [2.75, 3.05) is 37.0 Å². The minimum atomic E-state index is -0.0204. The number of rotatable bonds is 2. The number of amides is 1. The van der Waals surface area contributed by atoms with Crippen LogP contribution in [-0.4, -0.2) is 33.2 Å². The first-order chi connectivity index (χ1) is 10.2. The van der Waals surface area contributed by atoms with Crippen molar-refractivity contribution in [3.63, 3.8) is 0 Å². The van der Waals surface area contributed by atoms with Gasteiger partial charge in [0.15, 0.2) is 0 Å². The van der Waals surface area contributed by atoms with E-state index < -0.39 is 0 Å². The molecule has 0 N–H and O–H groups in total. The van der Waals surface area contributed by atoms with E-state index in [2.05, 4.69) is 4.90 Å². The maximum Gasteiger partial charge on any atom is 0.262 e. The van der Waals surface area contributed by atoms with Crippen LogP contribution >= 0.6 is 0 Å². The smallest absolute Gasteiger partial charge is 0.262 e. The van der Waals surface area contributed by atoms with Gasteiger partial charge in [-0.15, -0.1) is 0 Å². The van der Waals surface area contributed by atoms with Gasteiger partial charge >= 0.3 is 0 Å². The van der Waals surface area contributed by atoms with E-state index in [0.29, 0.717) is 17.9 Å². The molecular weight excluding hydrogens is 264 g/mol. The molecular formula is C17H18N2O2. The van der Waals surface area contributed by atoms with Gasteiger partial charge in [-0.05, 0) is 24.3 Å². The average Bonchev–Trinajstić information content (AvgIpc) is 2.55. The Hall–Kier alpha value is -2.49. The molecule has 0 spiro atoms. The second kappa shape index (κ2) is 5.48. The fourth-order valence-electron chi connectivity index (χ4n) is 2.68. The highest BCUT2D eigenvalue weighted by molar-refractivity contribution is 6.09. The van der Waals surface area contributed by atoms with Gasteiger partial charge in [0.25, 0.3) is 5.91 Å². The van der Waals surface area contributed by atoms with Gasteiger partial charge in [-0.1, -0.05) is 24.3 Å². The molecule has 0 saturated heterocycles. The highest BCUT2D eigenvalue weighted by Crippen LogP contribution is 2.33. The van der Waals surface area contributed by atoms with E-state index in [4.69, 9.17) is 4.74 Å². The number of hydrogen-bond acceptors (Lipinski definition) is 3. The molecule has 2 aromatic carbocycles. The van der Waals surface area contributed by atoms with E-state index in [1.54, 1.807) is 7.11 Å². The van der Waals surface area contributed by atoms with Crippen molar-refractivity contribution < 1.29 is 9.53 Å². The SMILES string of the molecule is COc1ccccc1C(=O)N1CCN(C)c2ccccc21. The monoisotopic (exact) mass is 282 g/mol. The Morgan fingerprint density at radius 2 is 1.67 bits per heavy atom. The molecule has 0 atom stereocenters. The highest BCUT2D eigenvalue weighted by atomic mass is 16.5. The topological polar surface area (TPSA) is 32.8 Å². The summed E-state index contributed by atoms with van der Waals surface area (Å²) in [6, 6.07) is 15.3. The summed E-state index contributed by atoms with van der Waals surface area (Å²) >= 11 is 0. The first-order valence-corrected chi connectivity index (χ1v) is 6.97. The van der Waals surface area contributed by atoms with Crippen LogP contribution in [0.4, 0.5) is 11.4 Å². The predicted octanol–water partition coefficient (Wildman–Crippen LogP) is 2.79. The number of carbonyl (C=O) groups excluding carboxylic acids is 1. The summed E-state index contributed by atoms with van der Waals surface area (Å²) in [4.78, 5) is 16.9. The molecule has 108 valence electrons. The predicted molar refractivity (Wildman–Crippen MR) is 84.4 cm³/mol. The molecule has 1 aliphatic heterocycles. The number of carbonyl (C=O) groups is 1. The summed E-state index contributed by atoms with van der Waals surface area (Å²) in [5.74, 6) is 0.590. The number of anilines is 2. The highest BCUT2D eigenvalue weighted by Gasteiger charge is 2.27. The van der Waals surface area contributed by atoms with Gasteiger partial charge in [-0.2, -0.15) is 0 Å². The molecule has 4 nitrogen and oxygen atoms in total. The molecule has 0 unspecified atom stereocenters. The molecule has 1 amide bonds. The molecule has 2 aromatic rings. The van der Waals surface area contributed by atoms with E-state index in [0.717, 1.165) is 17.9 Å². The van der Waals surface area contributed by atoms with E-state index in [1.165, 1.54) is 0 Å². The molecule has 21 heavy (non-hydrogen) atoms. The van der Waals surface area contributed by atoms with Crippen molar-refractivity contribution in [2.45, 2.75) is 0 Å². The molecule has 0 radical (unpaired) electrons. The number of likely N-dealkylation sites (N-methyl/N-ethyl adjacent to an activating group) is 1. The Morgan fingerprint density at radius 1 is 1.00 bits per heavy atom. The Labute approximate surface area is 124 Å². The van der Waals surface area contributed by atoms with Crippen LogP contribution in [0.2, 0.25) is 0 Å². The number of methoxy groups -OCH3 is 1. The third-order valence-electron chi connectivity index (χ3n) is 3.83. The number of fused-ring (bicyclic) bond motifs is 1. The minimum Gasteiger partial charge on any atom is -0.496 e. The Bertz CT molecular complexity index is 669. The minimum absolute atomic E-state index is 0.0204. The molecule has 4 heteroatoms. The zero-order chi connectivity index (χ0) is 14.8. The third kappa shape index (κ3) is 2.33. The summed E-state index contributed by atoms with van der Waals surface area (Å²) < 4.78 is 5.31. The van der Waals surface area contributed by atoms with Gasteiger partial charge in [-0.25, -0.2) is 0 Å². The van der Waals surface area contributed by atoms with Crippen molar-refractivity contribution in [1.29, 1.82) is 0 Å². The van der Waals surface area contributed by atoms with Crippen molar-refractivity contribution in [3.8, 4) is 5.75 Å². The Kier molecular flexibility index (Phi) is 3.52. The van der Waals surface area contributed by atoms with Crippen molar-refractivity contribution in [3.05, 3.63) is 54.1 Å². The van der Waals surface area contributed by atoms with Crippen LogP contribution in [0.25, 0.3) is 0 Å². The van der Waals surface area contributed by atoms with E-state index in [-0.39, 0.29) is 5.91 Å². The fourth-order valence-corrected chi connectivity index (χ4v) is 2.68. The van der Waals surface area contributed by atoms with Crippen LogP contribution in [-0.2, 0) is 0 Å². The lowest BCUT2D eigenvalue weighted by Crippen LogP contribution is -2.42. The first-order valence-electron chi connectivity index (χ1n) is 6.97. The van der Waals surface area contributed by atoms with Gasteiger partial charge in [0, 0.05) is 20.1 Å². The maximum atomic E-state index is 12.9. The van der Waals surface area contributed by atoms with E-state index in [9.17, 15) is 4.79 Å². The lowest BCUT2D eigenvalue weighted by molar-refractivity contribution is 0.0984. The zero-order valence-corrected chi connectivity index (χ0v) is 12.2. The molecule has 0 fully saturated rings. The zero-order valence-electron chi connectivity index (χ0n) is 12.2. The van der Waals surface area contributed by atoms with Crippen LogP contribution < -0.4 is 14.5 Å². The first kappa shape index (κ1) is 13.5. The van der Waals surface area contributed by atoms with Crippen molar-refractivity contribution >= 4 is 17.3 Å². The number of hydrogen-bond donors (Lipinski definition) is 0. The average molecular weight is 282 g/mol. The number of para-hydroxylation sites is 3. The van der Waals surface area contributed by atoms with Crippen LogP contribution in [0, 0.1) is 0 Å². The normalized spacial score (nSPS) is 13.8. The lowest BCUT2D eigenvalue weighted by atomic mass is 10.1. The summed E-state index contributed by atoms with van der Waals surface area (Å²) in [7, 11) is 3.63. The van der Waals surface area contributed by atoms with Gasteiger partial charge in [0.1, 0.15) is 5.75 Å². The number of ether oxygens (including phenoxy) is 1. The Balaban J connectivity index is 2.01. The summed E-state index contributed by atoms with van der Waals surface area (Å²) in [5.41, 5.74) is 2.62. The van der Waals surface area contributed by atoms with Crippen molar-refractivity contribution in [1.82, 2.24) is 0 Å². The van der Waals surface area contributed by atoms with Gasteiger partial charge in [-0.3, -0.25) is 4.79 Å². The van der Waals surface area contributed by atoms with E-state index >= 15 is 0 Å². The van der Waals surface area contributed by atoms with Crippen LogP contribution in [0.5, 0.6) is 5.75 Å². The van der Waals surface area contributed by atoms with Gasteiger partial charge < -0.3 is 14.5 Å². The quantitative estimate of drug-likeness (QED) is 0.849. The second-order valence-corrected chi connectivity index (χ2v) is 5.07. The molecule has 1 aliphatic rings. The summed E-state index contributed by atoms with van der Waals surface area (Å²) in [6.45, 7) is 1.49. The molecule has 1 heterocycles. The van der Waals surface area contributed by atoms with Crippen LogP contribution in [0.3, 0.4) is 0 Å². The second-order valence-electron chi connectivity index (χ2n) is 5.07. The standard InChI is InChI=1S/C17H18N2O2/c1-18-11-12-19(15-9-5-4-8-14(15)18)17(20)13-7-3-6-10-16(13)21-2/h3-10H,11-12H2,1-2H3. The lowest BCUT2D eigenvalue weighted by Gasteiger charge is -2.35. The largest absolute Gasteiger partial charge is 0.496 e. The van der Waals surface area contributed by atoms with Gasteiger partial charge in [0.05, 0.1) is 24.0 Å². The Morgan fingerprint density at radius 3 is 2.43 bits per heavy atom. The van der Waals surface area contributed by atoms with E-state index in [1.807, 2.05) is 60.5 Å². The van der Waals surface area contributed by atoms with Crippen LogP contribution in [0.1, 0.15) is 10.4 Å². The number of nitrogens with zero attached hydrogens (tertiary/aromatic N) is 2. The van der Waals surface area contributed by atoms with Gasteiger partial charge in [0.2, 0.25) is 0 Å². The molecule has 0 aliphatic carbocycles. The van der Waals surface area contributed by atoms with Crippen LogP contribution in [0.15, 0.2) is 48.5 Å². The summed E-state index contributed by atoms with van der Waals surface area (Å²) in [6.07, 6.45) is 0. The molecule has 0 bridgehead atoms. The van der Waals surface area contributed by atoms with Crippen molar-refractivity contribution in [2.24, 2.45) is 0 Å². The molecule has 0 saturated carbocycles. The maximum absolute atomic E-state index is 12.9. The molecule has 0 aromatic heterocycles. The molecule has 3 rings (SSSR count). The fraction of sp³-hybridized carbons (Fsp3) is 0.235. The third-order valence-corrected chi connectivity index (χ3v) is 3.83. The summed E-state index contributed by atoms with van der Waals surface area (Å²) in [5, 5.41) is 0. The number of benzene rings is 2.